The zero-order chi connectivity index (χ0) is 13.9. The van der Waals surface area contributed by atoms with E-state index in [9.17, 15) is 4.79 Å². The molecule has 4 saturated carbocycles. The molecule has 0 aromatic carbocycles. The molecule has 5 heteroatoms. The Kier molecular flexibility index (Phi) is 2.91. The summed E-state index contributed by atoms with van der Waals surface area (Å²) >= 11 is 2.18. The maximum Gasteiger partial charge on any atom is 0.273 e. The van der Waals surface area contributed by atoms with Crippen molar-refractivity contribution in [2.75, 3.05) is 7.05 Å². The van der Waals surface area contributed by atoms with Gasteiger partial charge in [-0.1, -0.05) is 0 Å². The quantitative estimate of drug-likeness (QED) is 0.796. The first-order chi connectivity index (χ1) is 9.57. The van der Waals surface area contributed by atoms with E-state index in [1.165, 1.54) is 38.5 Å². The monoisotopic (exact) mass is 385 g/mol. The molecule has 1 amide bonds. The number of amides is 1. The summed E-state index contributed by atoms with van der Waals surface area (Å²) in [6, 6.07) is 0. The smallest absolute Gasteiger partial charge is 0.273 e. The molecule has 4 bridgehead atoms. The van der Waals surface area contributed by atoms with Crippen LogP contribution < -0.4 is 0 Å². The van der Waals surface area contributed by atoms with Gasteiger partial charge in [0.15, 0.2) is 0 Å². The van der Waals surface area contributed by atoms with Crippen LogP contribution in [0, 0.1) is 21.3 Å². The molecule has 5 rings (SSSR count). The standard InChI is InChI=1S/C15H20IN3O/c1-19(14(20)13-12(16)8-17-18-13)15-5-9-2-10(6-15)4-11(3-9)7-15/h8-11H,2-7H2,1H3,(H,17,18). The van der Waals surface area contributed by atoms with E-state index in [1.54, 1.807) is 6.20 Å². The molecule has 1 aromatic heterocycles. The third-order valence-electron chi connectivity index (χ3n) is 5.83. The minimum atomic E-state index is 0.119. The van der Waals surface area contributed by atoms with Crippen LogP contribution in [-0.2, 0) is 0 Å². The Labute approximate surface area is 132 Å². The van der Waals surface area contributed by atoms with E-state index in [4.69, 9.17) is 0 Å². The number of aromatic amines is 1. The van der Waals surface area contributed by atoms with Gasteiger partial charge in [-0.25, -0.2) is 0 Å². The lowest BCUT2D eigenvalue weighted by molar-refractivity contribution is -0.0667. The van der Waals surface area contributed by atoms with E-state index >= 15 is 0 Å². The van der Waals surface area contributed by atoms with Crippen molar-refractivity contribution in [3.8, 4) is 0 Å². The molecule has 4 aliphatic rings. The molecule has 1 N–H and O–H groups in total. The zero-order valence-electron chi connectivity index (χ0n) is 11.7. The lowest BCUT2D eigenvalue weighted by atomic mass is 9.52. The predicted octanol–water partition coefficient (Wildman–Crippen LogP) is 3.06. The fourth-order valence-electron chi connectivity index (χ4n) is 5.28. The van der Waals surface area contributed by atoms with Gasteiger partial charge >= 0.3 is 0 Å². The Morgan fingerprint density at radius 3 is 2.30 bits per heavy atom. The number of halogens is 1. The largest absolute Gasteiger partial charge is 0.335 e. The van der Waals surface area contributed by atoms with Gasteiger partial charge in [0.25, 0.3) is 5.91 Å². The van der Waals surface area contributed by atoms with Crippen molar-refractivity contribution in [1.82, 2.24) is 15.1 Å². The number of nitrogens with one attached hydrogen (secondary N) is 1. The summed E-state index contributed by atoms with van der Waals surface area (Å²) < 4.78 is 0.921. The maximum absolute atomic E-state index is 12.8. The number of carbonyl (C=O) groups is 1. The number of H-pyrrole nitrogens is 1. The number of rotatable bonds is 2. The second kappa shape index (κ2) is 4.45. The number of hydrogen-bond acceptors (Lipinski definition) is 2. The molecular formula is C15H20IN3O. The van der Waals surface area contributed by atoms with Crippen molar-refractivity contribution in [2.45, 2.75) is 44.1 Å². The summed E-state index contributed by atoms with van der Waals surface area (Å²) in [7, 11) is 2.01. The Balaban J connectivity index is 1.64. The molecule has 0 atom stereocenters. The van der Waals surface area contributed by atoms with Gasteiger partial charge in [0.2, 0.25) is 0 Å². The topological polar surface area (TPSA) is 49.0 Å². The molecule has 4 nitrogen and oxygen atoms in total. The van der Waals surface area contributed by atoms with E-state index in [0.29, 0.717) is 5.69 Å². The number of carbonyl (C=O) groups excluding carboxylic acids is 1. The molecule has 4 aliphatic carbocycles. The van der Waals surface area contributed by atoms with Crippen LogP contribution in [-0.4, -0.2) is 33.6 Å². The van der Waals surface area contributed by atoms with Crippen LogP contribution in [0.3, 0.4) is 0 Å². The Morgan fingerprint density at radius 2 is 1.85 bits per heavy atom. The summed E-state index contributed by atoms with van der Waals surface area (Å²) in [5, 5.41) is 6.86. The first-order valence-corrected chi connectivity index (χ1v) is 8.62. The Hall–Kier alpha value is -0.590. The van der Waals surface area contributed by atoms with Crippen LogP contribution in [0.2, 0.25) is 0 Å². The molecule has 0 saturated heterocycles. The van der Waals surface area contributed by atoms with E-state index in [1.807, 2.05) is 11.9 Å². The van der Waals surface area contributed by atoms with Crippen molar-refractivity contribution >= 4 is 28.5 Å². The Bertz CT molecular complexity index is 518. The summed E-state index contributed by atoms with van der Waals surface area (Å²) in [6.07, 6.45) is 9.58. The highest BCUT2D eigenvalue weighted by molar-refractivity contribution is 14.1. The minimum Gasteiger partial charge on any atom is -0.335 e. The van der Waals surface area contributed by atoms with Crippen molar-refractivity contribution in [1.29, 1.82) is 0 Å². The molecule has 1 aromatic rings. The van der Waals surface area contributed by atoms with E-state index < -0.39 is 0 Å². The van der Waals surface area contributed by atoms with Gasteiger partial charge in [-0.05, 0) is 78.9 Å². The van der Waals surface area contributed by atoms with Crippen LogP contribution in [0.25, 0.3) is 0 Å². The fourth-order valence-corrected chi connectivity index (χ4v) is 5.77. The summed E-state index contributed by atoms with van der Waals surface area (Å²) in [4.78, 5) is 14.8. The molecule has 0 unspecified atom stereocenters. The van der Waals surface area contributed by atoms with Gasteiger partial charge in [0.1, 0.15) is 5.69 Å². The zero-order valence-corrected chi connectivity index (χ0v) is 13.9. The third kappa shape index (κ3) is 1.84. The first-order valence-electron chi connectivity index (χ1n) is 7.54. The normalized spacial score (nSPS) is 38.2. The summed E-state index contributed by atoms with van der Waals surface area (Å²) in [6.45, 7) is 0. The van der Waals surface area contributed by atoms with E-state index in [-0.39, 0.29) is 11.4 Å². The highest BCUT2D eigenvalue weighted by Gasteiger charge is 2.54. The second-order valence-corrected chi connectivity index (χ2v) is 8.26. The third-order valence-corrected chi connectivity index (χ3v) is 6.65. The minimum absolute atomic E-state index is 0.119. The molecular weight excluding hydrogens is 365 g/mol. The average Bonchev–Trinajstić information content (AvgIpc) is 2.81. The number of hydrogen-bond donors (Lipinski definition) is 1. The SMILES string of the molecule is CN(C(=O)c1[nH]ncc1I)C12CC3CC(CC(C3)C1)C2. The van der Waals surface area contributed by atoms with Gasteiger partial charge in [-0.3, -0.25) is 9.89 Å². The lowest BCUT2D eigenvalue weighted by Gasteiger charge is -2.59. The molecule has 4 fully saturated rings. The second-order valence-electron chi connectivity index (χ2n) is 7.10. The first kappa shape index (κ1) is 13.1. The van der Waals surface area contributed by atoms with Crippen molar-refractivity contribution < 1.29 is 4.79 Å². The Morgan fingerprint density at radius 1 is 1.30 bits per heavy atom. The van der Waals surface area contributed by atoms with Gasteiger partial charge in [0, 0.05) is 12.6 Å². The maximum atomic E-state index is 12.8. The van der Waals surface area contributed by atoms with Gasteiger partial charge in [-0.2, -0.15) is 5.10 Å². The molecule has 0 spiro atoms. The van der Waals surface area contributed by atoms with Crippen LogP contribution in [0.1, 0.15) is 49.0 Å². The molecule has 108 valence electrons. The van der Waals surface area contributed by atoms with Crippen molar-refractivity contribution in [2.24, 2.45) is 17.8 Å². The van der Waals surface area contributed by atoms with Crippen LogP contribution >= 0.6 is 22.6 Å². The number of nitrogens with zero attached hydrogens (tertiary/aromatic N) is 2. The highest BCUT2D eigenvalue weighted by Crippen LogP contribution is 2.57. The number of aromatic nitrogens is 2. The molecule has 0 radical (unpaired) electrons. The van der Waals surface area contributed by atoms with Crippen molar-refractivity contribution in [3.63, 3.8) is 0 Å². The van der Waals surface area contributed by atoms with Crippen LogP contribution in [0.4, 0.5) is 0 Å². The molecule has 20 heavy (non-hydrogen) atoms. The van der Waals surface area contributed by atoms with Gasteiger partial charge in [-0.15, -0.1) is 0 Å². The summed E-state index contributed by atoms with van der Waals surface area (Å²) in [5.41, 5.74) is 0.781. The van der Waals surface area contributed by atoms with Gasteiger partial charge in [0.05, 0.1) is 9.77 Å². The average molecular weight is 385 g/mol. The van der Waals surface area contributed by atoms with Crippen LogP contribution in [0.15, 0.2) is 6.20 Å². The molecule has 1 heterocycles. The predicted molar refractivity (Wildman–Crippen MR) is 84.3 cm³/mol. The van der Waals surface area contributed by atoms with Crippen molar-refractivity contribution in [3.05, 3.63) is 15.5 Å². The fraction of sp³-hybridized carbons (Fsp3) is 0.733. The van der Waals surface area contributed by atoms with Gasteiger partial charge < -0.3 is 4.90 Å². The van der Waals surface area contributed by atoms with Crippen LogP contribution in [0.5, 0.6) is 0 Å². The highest BCUT2D eigenvalue weighted by atomic mass is 127. The van der Waals surface area contributed by atoms with E-state index in [2.05, 4.69) is 32.8 Å². The molecule has 0 aliphatic heterocycles. The summed E-state index contributed by atoms with van der Waals surface area (Å²) in [5.74, 6) is 2.70. The van der Waals surface area contributed by atoms with E-state index in [0.717, 1.165) is 21.3 Å². The lowest BCUT2D eigenvalue weighted by Crippen LogP contribution is -2.60.